The molecule has 0 aromatic carbocycles. The molecule has 0 spiro atoms. The molecule has 1 aliphatic heterocycles. The number of hydrogen-bond donors (Lipinski definition) is 4. The third-order valence-corrected chi connectivity index (χ3v) is 3.00. The lowest BCUT2D eigenvalue weighted by Gasteiger charge is -2.27. The maximum absolute atomic E-state index is 11.4. The molecule has 1 aliphatic rings. The molecule has 0 aromatic heterocycles. The van der Waals surface area contributed by atoms with Crippen LogP contribution in [-0.2, 0) is 4.79 Å². The monoisotopic (exact) mass is 272 g/mol. The Hall–Kier alpha value is -1.34. The van der Waals surface area contributed by atoms with Crippen LogP contribution in [0.3, 0.4) is 0 Å². The lowest BCUT2D eigenvalue weighted by Crippen LogP contribution is -2.45. The number of piperazine rings is 1. The van der Waals surface area contributed by atoms with Crippen molar-refractivity contribution < 1.29 is 14.7 Å². The SMILES string of the molecule is CC(CC(=O)O)NC(=O)NCCCN1CCNCC1. The van der Waals surface area contributed by atoms with Crippen LogP contribution >= 0.6 is 0 Å². The van der Waals surface area contributed by atoms with E-state index in [1.54, 1.807) is 6.92 Å². The Labute approximate surface area is 113 Å². The molecular weight excluding hydrogens is 248 g/mol. The molecule has 1 atom stereocenters. The number of carbonyl (C=O) groups excluding carboxylic acids is 1. The van der Waals surface area contributed by atoms with Gasteiger partial charge in [0.15, 0.2) is 0 Å². The van der Waals surface area contributed by atoms with Gasteiger partial charge in [0.05, 0.1) is 6.42 Å². The molecule has 2 amide bonds. The Kier molecular flexibility index (Phi) is 7.20. The number of urea groups is 1. The minimum atomic E-state index is -0.911. The Bertz CT molecular complexity index is 293. The highest BCUT2D eigenvalue weighted by Crippen LogP contribution is 1.94. The number of nitrogens with zero attached hydrogens (tertiary/aromatic N) is 1. The summed E-state index contributed by atoms with van der Waals surface area (Å²) in [7, 11) is 0. The first-order valence-electron chi connectivity index (χ1n) is 6.77. The summed E-state index contributed by atoms with van der Waals surface area (Å²) in [6.45, 7) is 7.43. The molecule has 1 rings (SSSR count). The van der Waals surface area contributed by atoms with Gasteiger partial charge in [0, 0.05) is 38.8 Å². The lowest BCUT2D eigenvalue weighted by atomic mass is 10.2. The molecule has 7 nitrogen and oxygen atoms in total. The van der Waals surface area contributed by atoms with Crippen LogP contribution in [0.1, 0.15) is 19.8 Å². The lowest BCUT2D eigenvalue weighted by molar-refractivity contribution is -0.137. The van der Waals surface area contributed by atoms with Gasteiger partial charge < -0.3 is 26.0 Å². The van der Waals surface area contributed by atoms with Gasteiger partial charge in [0.1, 0.15) is 0 Å². The maximum atomic E-state index is 11.4. The summed E-state index contributed by atoms with van der Waals surface area (Å²) in [5, 5.41) is 17.2. The number of nitrogens with one attached hydrogen (secondary N) is 3. The molecule has 0 saturated carbocycles. The summed E-state index contributed by atoms with van der Waals surface area (Å²) in [6, 6.07) is -0.653. The first-order chi connectivity index (χ1) is 9.08. The van der Waals surface area contributed by atoms with Crippen LogP contribution in [0, 0.1) is 0 Å². The highest BCUT2D eigenvalue weighted by atomic mass is 16.4. The van der Waals surface area contributed by atoms with Crippen LogP contribution in [0.5, 0.6) is 0 Å². The van der Waals surface area contributed by atoms with E-state index in [1.165, 1.54) is 0 Å². The van der Waals surface area contributed by atoms with Crippen molar-refractivity contribution in [2.45, 2.75) is 25.8 Å². The van der Waals surface area contributed by atoms with E-state index in [9.17, 15) is 9.59 Å². The fourth-order valence-electron chi connectivity index (χ4n) is 2.03. The molecule has 7 heteroatoms. The van der Waals surface area contributed by atoms with Crippen molar-refractivity contribution in [2.24, 2.45) is 0 Å². The molecule has 0 aliphatic carbocycles. The largest absolute Gasteiger partial charge is 0.481 e. The fraction of sp³-hybridized carbons (Fsp3) is 0.833. The summed E-state index contributed by atoms with van der Waals surface area (Å²) in [5.41, 5.74) is 0. The second-order valence-electron chi connectivity index (χ2n) is 4.84. The van der Waals surface area contributed by atoms with Crippen LogP contribution in [0.25, 0.3) is 0 Å². The van der Waals surface area contributed by atoms with Crippen molar-refractivity contribution in [3.8, 4) is 0 Å². The van der Waals surface area contributed by atoms with E-state index >= 15 is 0 Å². The van der Waals surface area contributed by atoms with Gasteiger partial charge in [-0.1, -0.05) is 0 Å². The van der Waals surface area contributed by atoms with Crippen molar-refractivity contribution in [1.82, 2.24) is 20.9 Å². The number of rotatable bonds is 7. The van der Waals surface area contributed by atoms with Crippen LogP contribution in [0.15, 0.2) is 0 Å². The summed E-state index contributed by atoms with van der Waals surface area (Å²) in [4.78, 5) is 24.3. The molecule has 1 saturated heterocycles. The maximum Gasteiger partial charge on any atom is 0.315 e. The van der Waals surface area contributed by atoms with Crippen LogP contribution in [0.4, 0.5) is 4.79 Å². The van der Waals surface area contributed by atoms with E-state index in [4.69, 9.17) is 5.11 Å². The van der Waals surface area contributed by atoms with Gasteiger partial charge in [-0.05, 0) is 19.9 Å². The van der Waals surface area contributed by atoms with E-state index in [0.29, 0.717) is 6.54 Å². The number of hydrogen-bond acceptors (Lipinski definition) is 4. The molecule has 4 N–H and O–H groups in total. The normalized spacial score (nSPS) is 17.7. The van der Waals surface area contributed by atoms with Gasteiger partial charge in [-0.2, -0.15) is 0 Å². The van der Waals surface area contributed by atoms with Crippen molar-refractivity contribution >= 4 is 12.0 Å². The summed E-state index contributed by atoms with van der Waals surface area (Å²) in [5.74, 6) is -0.911. The summed E-state index contributed by atoms with van der Waals surface area (Å²) in [6.07, 6.45) is 0.842. The zero-order chi connectivity index (χ0) is 14.1. The number of amides is 2. The zero-order valence-corrected chi connectivity index (χ0v) is 11.4. The Morgan fingerprint density at radius 3 is 2.68 bits per heavy atom. The number of carboxylic acids is 1. The van der Waals surface area contributed by atoms with Gasteiger partial charge >= 0.3 is 12.0 Å². The Morgan fingerprint density at radius 2 is 2.05 bits per heavy atom. The first kappa shape index (κ1) is 15.7. The van der Waals surface area contributed by atoms with Gasteiger partial charge in [0.2, 0.25) is 0 Å². The molecule has 1 fully saturated rings. The number of carbonyl (C=O) groups is 2. The van der Waals surface area contributed by atoms with E-state index in [1.807, 2.05) is 0 Å². The van der Waals surface area contributed by atoms with Crippen LogP contribution in [0.2, 0.25) is 0 Å². The summed E-state index contributed by atoms with van der Waals surface area (Å²) >= 11 is 0. The minimum absolute atomic E-state index is 0.0613. The molecule has 110 valence electrons. The number of aliphatic carboxylic acids is 1. The third-order valence-electron chi connectivity index (χ3n) is 3.00. The topological polar surface area (TPSA) is 93.7 Å². The van der Waals surface area contributed by atoms with E-state index in [2.05, 4.69) is 20.9 Å². The Balaban J connectivity index is 2.01. The average Bonchev–Trinajstić information content (AvgIpc) is 2.35. The van der Waals surface area contributed by atoms with Gasteiger partial charge in [0.25, 0.3) is 0 Å². The van der Waals surface area contributed by atoms with Gasteiger partial charge in [-0.15, -0.1) is 0 Å². The molecule has 1 unspecified atom stereocenters. The molecule has 0 bridgehead atoms. The van der Waals surface area contributed by atoms with E-state index < -0.39 is 5.97 Å². The standard InChI is InChI=1S/C12H24N4O3/c1-10(9-11(17)18)15-12(19)14-3-2-6-16-7-4-13-5-8-16/h10,13H,2-9H2,1H3,(H,17,18)(H2,14,15,19). The minimum Gasteiger partial charge on any atom is -0.481 e. The van der Waals surface area contributed by atoms with E-state index in [0.717, 1.165) is 39.1 Å². The van der Waals surface area contributed by atoms with E-state index in [-0.39, 0.29) is 18.5 Å². The van der Waals surface area contributed by atoms with Gasteiger partial charge in [-0.3, -0.25) is 4.79 Å². The van der Waals surface area contributed by atoms with Crippen LogP contribution < -0.4 is 16.0 Å². The second kappa shape index (κ2) is 8.71. The first-order valence-corrected chi connectivity index (χ1v) is 6.77. The molecule has 0 radical (unpaired) electrons. The van der Waals surface area contributed by atoms with Crippen molar-refractivity contribution in [1.29, 1.82) is 0 Å². The average molecular weight is 272 g/mol. The Morgan fingerprint density at radius 1 is 1.37 bits per heavy atom. The number of carboxylic acid groups (broad SMARTS) is 1. The van der Waals surface area contributed by atoms with Crippen molar-refractivity contribution in [3.63, 3.8) is 0 Å². The highest BCUT2D eigenvalue weighted by Gasteiger charge is 2.11. The second-order valence-corrected chi connectivity index (χ2v) is 4.84. The van der Waals surface area contributed by atoms with Crippen LogP contribution in [-0.4, -0.2) is 67.3 Å². The quantitative estimate of drug-likeness (QED) is 0.466. The fourth-order valence-corrected chi connectivity index (χ4v) is 2.03. The molecule has 1 heterocycles. The predicted octanol–water partition coefficient (Wildman–Crippen LogP) is -0.556. The van der Waals surface area contributed by atoms with Gasteiger partial charge in [-0.25, -0.2) is 4.79 Å². The van der Waals surface area contributed by atoms with Crippen molar-refractivity contribution in [3.05, 3.63) is 0 Å². The smallest absolute Gasteiger partial charge is 0.315 e. The summed E-state index contributed by atoms with van der Waals surface area (Å²) < 4.78 is 0. The zero-order valence-electron chi connectivity index (χ0n) is 11.4. The predicted molar refractivity (Wildman–Crippen MR) is 72.2 cm³/mol. The molecular formula is C12H24N4O3. The highest BCUT2D eigenvalue weighted by molar-refractivity contribution is 5.75. The molecule has 0 aromatic rings. The molecule has 19 heavy (non-hydrogen) atoms. The van der Waals surface area contributed by atoms with Crippen molar-refractivity contribution in [2.75, 3.05) is 39.3 Å². The third kappa shape index (κ3) is 7.63.